The first-order valence-electron chi connectivity index (χ1n) is 21.0. The molecule has 59 heavy (non-hydrogen) atoms. The molecule has 11 rings (SSSR count). The number of nitrogens with zero attached hydrogens (tertiary/aromatic N) is 1. The normalized spacial score (nSPS) is 18.0. The van der Waals surface area contributed by atoms with Crippen molar-refractivity contribution in [3.63, 3.8) is 0 Å². The molecule has 0 saturated heterocycles. The van der Waals surface area contributed by atoms with Gasteiger partial charge in [0.05, 0.1) is 5.41 Å². The average molecular weight is 756 g/mol. The van der Waals surface area contributed by atoms with Gasteiger partial charge < -0.3 is 4.90 Å². The zero-order valence-corrected chi connectivity index (χ0v) is 33.5. The predicted molar refractivity (Wildman–Crippen MR) is 247 cm³/mol. The number of hydrogen-bond acceptors (Lipinski definition) is 1. The Kier molecular flexibility index (Phi) is 8.27. The molecule has 3 aliphatic carbocycles. The highest BCUT2D eigenvalue weighted by Crippen LogP contribution is 2.60. The molecule has 0 amide bonds. The van der Waals surface area contributed by atoms with E-state index < -0.39 is 5.41 Å². The lowest BCUT2D eigenvalue weighted by atomic mass is 9.66. The summed E-state index contributed by atoms with van der Waals surface area (Å²) in [7, 11) is 0. The topological polar surface area (TPSA) is 3.24 Å². The zero-order valence-electron chi connectivity index (χ0n) is 33.5. The molecule has 0 spiro atoms. The van der Waals surface area contributed by atoms with Gasteiger partial charge in [-0.05, 0) is 115 Å². The Balaban J connectivity index is 1.13. The molecule has 2 atom stereocenters. The van der Waals surface area contributed by atoms with Crippen molar-refractivity contribution in [3.8, 4) is 33.4 Å². The molecule has 8 aromatic rings. The van der Waals surface area contributed by atoms with Gasteiger partial charge in [0.1, 0.15) is 0 Å². The molecule has 0 heterocycles. The molecule has 0 saturated carbocycles. The molecule has 0 fully saturated rings. The molecule has 0 aliphatic heterocycles. The maximum atomic E-state index is 2.46. The minimum Gasteiger partial charge on any atom is -0.310 e. The van der Waals surface area contributed by atoms with E-state index in [0.717, 1.165) is 23.5 Å². The summed E-state index contributed by atoms with van der Waals surface area (Å²) in [6.45, 7) is 4.77. The SMILES string of the molecule is CC1(C)c2ccccc2-c2cc(N(c3ccc(-c4ccccc4)cc3)c3ccc(C4(c5ccccc5)C5=CC=CCC5c5ccccc54)cc3)cc(-c3ccccc3)c21. The van der Waals surface area contributed by atoms with Crippen LogP contribution in [0.25, 0.3) is 33.4 Å². The van der Waals surface area contributed by atoms with Gasteiger partial charge in [0, 0.05) is 28.4 Å². The standard InChI is InChI=1S/C58H45N/c1-57(2)53-27-15-12-26-50(53)52-39-47(38-51(56(52)57)42-20-8-4-9-21-42)59(45-34-30-41(31-35-45)40-18-6-3-7-19-40)46-36-32-44(33-37-46)58(43-22-10-5-11-23-43)54-28-16-13-24-48(54)49-25-14-17-29-55(49)58/h3-24,26-39,49H,25H2,1-2H3. The molecule has 8 aromatic carbocycles. The second-order valence-electron chi connectivity index (χ2n) is 16.8. The largest absolute Gasteiger partial charge is 0.310 e. The van der Waals surface area contributed by atoms with Crippen LogP contribution in [-0.2, 0) is 10.8 Å². The zero-order chi connectivity index (χ0) is 39.6. The third kappa shape index (κ3) is 5.45. The Hall–Kier alpha value is -6.96. The van der Waals surface area contributed by atoms with Crippen molar-refractivity contribution in [1.29, 1.82) is 0 Å². The van der Waals surface area contributed by atoms with Crippen molar-refractivity contribution >= 4 is 17.1 Å². The van der Waals surface area contributed by atoms with Crippen molar-refractivity contribution in [2.45, 2.75) is 37.0 Å². The van der Waals surface area contributed by atoms with Crippen molar-refractivity contribution in [2.24, 2.45) is 0 Å². The van der Waals surface area contributed by atoms with E-state index in [9.17, 15) is 0 Å². The molecular weight excluding hydrogens is 711 g/mol. The molecule has 1 nitrogen and oxygen atoms in total. The highest BCUT2D eigenvalue weighted by atomic mass is 15.1. The fraction of sp³-hybridized carbons (Fsp3) is 0.103. The molecule has 0 bridgehead atoms. The number of benzene rings is 8. The highest BCUT2D eigenvalue weighted by molar-refractivity contribution is 5.93. The number of allylic oxidation sites excluding steroid dienone is 4. The van der Waals surface area contributed by atoms with E-state index in [1.807, 2.05) is 0 Å². The summed E-state index contributed by atoms with van der Waals surface area (Å²) in [5.41, 5.74) is 20.0. The van der Waals surface area contributed by atoms with E-state index in [-0.39, 0.29) is 5.41 Å². The van der Waals surface area contributed by atoms with E-state index in [0.29, 0.717) is 5.92 Å². The van der Waals surface area contributed by atoms with Crippen molar-refractivity contribution < 1.29 is 0 Å². The van der Waals surface area contributed by atoms with Gasteiger partial charge in [-0.3, -0.25) is 0 Å². The second-order valence-corrected chi connectivity index (χ2v) is 16.8. The quantitative estimate of drug-likeness (QED) is 0.157. The fourth-order valence-corrected chi connectivity index (χ4v) is 10.7. The Labute approximate surface area is 348 Å². The number of anilines is 3. The lowest BCUT2D eigenvalue weighted by Crippen LogP contribution is -2.29. The summed E-state index contributed by atoms with van der Waals surface area (Å²) < 4.78 is 0. The molecule has 3 aliphatic rings. The predicted octanol–water partition coefficient (Wildman–Crippen LogP) is 15.1. The minimum absolute atomic E-state index is 0.149. The van der Waals surface area contributed by atoms with Crippen LogP contribution in [0.4, 0.5) is 17.1 Å². The van der Waals surface area contributed by atoms with Crippen LogP contribution in [0.5, 0.6) is 0 Å². The van der Waals surface area contributed by atoms with Gasteiger partial charge in [0.25, 0.3) is 0 Å². The smallest absolute Gasteiger partial charge is 0.0673 e. The first-order chi connectivity index (χ1) is 29.0. The number of hydrogen-bond donors (Lipinski definition) is 0. The van der Waals surface area contributed by atoms with E-state index in [4.69, 9.17) is 0 Å². The lowest BCUT2D eigenvalue weighted by molar-refractivity contribution is 0.662. The second kappa shape index (κ2) is 13.9. The van der Waals surface area contributed by atoms with Crippen molar-refractivity contribution in [1.82, 2.24) is 0 Å². The van der Waals surface area contributed by atoms with Gasteiger partial charge in [-0.2, -0.15) is 0 Å². The van der Waals surface area contributed by atoms with Crippen LogP contribution in [0.1, 0.15) is 59.6 Å². The minimum atomic E-state index is -0.392. The summed E-state index contributed by atoms with van der Waals surface area (Å²) in [5.74, 6) is 0.352. The van der Waals surface area contributed by atoms with Gasteiger partial charge >= 0.3 is 0 Å². The summed E-state index contributed by atoms with van der Waals surface area (Å²) in [6.07, 6.45) is 8.01. The summed E-state index contributed by atoms with van der Waals surface area (Å²) in [5, 5.41) is 0. The Bertz CT molecular complexity index is 2900. The lowest BCUT2D eigenvalue weighted by Gasteiger charge is -2.36. The summed E-state index contributed by atoms with van der Waals surface area (Å²) in [6, 6.07) is 74.4. The molecule has 0 aromatic heterocycles. The van der Waals surface area contributed by atoms with Gasteiger partial charge in [-0.1, -0.05) is 196 Å². The van der Waals surface area contributed by atoms with Crippen LogP contribution in [0, 0.1) is 0 Å². The van der Waals surface area contributed by atoms with Crippen LogP contribution in [-0.4, -0.2) is 0 Å². The van der Waals surface area contributed by atoms with E-state index in [2.05, 4.69) is 237 Å². The molecule has 2 unspecified atom stereocenters. The van der Waals surface area contributed by atoms with Gasteiger partial charge in [-0.15, -0.1) is 0 Å². The first-order valence-corrected chi connectivity index (χ1v) is 21.0. The van der Waals surface area contributed by atoms with E-state index >= 15 is 0 Å². The Morgan fingerprint density at radius 3 is 1.71 bits per heavy atom. The molecule has 0 radical (unpaired) electrons. The van der Waals surface area contributed by atoms with Gasteiger partial charge in [0.15, 0.2) is 0 Å². The maximum absolute atomic E-state index is 2.46. The Morgan fingerprint density at radius 1 is 0.458 bits per heavy atom. The van der Waals surface area contributed by atoms with Crippen LogP contribution in [0.2, 0.25) is 0 Å². The van der Waals surface area contributed by atoms with Crippen LogP contribution in [0.3, 0.4) is 0 Å². The van der Waals surface area contributed by atoms with E-state index in [1.54, 1.807) is 0 Å². The molecule has 0 N–H and O–H groups in total. The average Bonchev–Trinajstić information content (AvgIpc) is 3.73. The first kappa shape index (κ1) is 35.2. The van der Waals surface area contributed by atoms with Gasteiger partial charge in [-0.25, -0.2) is 0 Å². The number of fused-ring (bicyclic) bond motifs is 6. The summed E-state index contributed by atoms with van der Waals surface area (Å²) in [4.78, 5) is 2.46. The highest BCUT2D eigenvalue weighted by Gasteiger charge is 2.50. The molecular formula is C58H45N. The third-order valence-electron chi connectivity index (χ3n) is 13.3. The molecule has 1 heteroatoms. The maximum Gasteiger partial charge on any atom is 0.0673 e. The monoisotopic (exact) mass is 755 g/mol. The van der Waals surface area contributed by atoms with Crippen LogP contribution in [0.15, 0.2) is 224 Å². The van der Waals surface area contributed by atoms with Crippen LogP contribution >= 0.6 is 0 Å². The fourth-order valence-electron chi connectivity index (χ4n) is 10.7. The van der Waals surface area contributed by atoms with E-state index in [1.165, 1.54) is 72.3 Å². The summed E-state index contributed by atoms with van der Waals surface area (Å²) >= 11 is 0. The third-order valence-corrected chi connectivity index (χ3v) is 13.3. The molecule has 282 valence electrons. The van der Waals surface area contributed by atoms with Crippen molar-refractivity contribution in [2.75, 3.05) is 4.90 Å². The number of rotatable bonds is 7. The van der Waals surface area contributed by atoms with Gasteiger partial charge in [0.2, 0.25) is 0 Å². The van der Waals surface area contributed by atoms with Crippen LogP contribution < -0.4 is 4.90 Å². The van der Waals surface area contributed by atoms with Crippen molar-refractivity contribution in [3.05, 3.63) is 257 Å². The Morgan fingerprint density at radius 2 is 1.00 bits per heavy atom.